The van der Waals surface area contributed by atoms with Gasteiger partial charge in [0.25, 0.3) is 0 Å². The van der Waals surface area contributed by atoms with Crippen molar-refractivity contribution >= 4 is 10.9 Å². The summed E-state index contributed by atoms with van der Waals surface area (Å²) in [6.45, 7) is 2.05. The average Bonchev–Trinajstić information content (AvgIpc) is 2.40. The number of benzene rings is 2. The molecule has 0 saturated carbocycles. The lowest BCUT2D eigenvalue weighted by Crippen LogP contribution is -1.87. The highest BCUT2D eigenvalue weighted by Gasteiger charge is 2.11. The van der Waals surface area contributed by atoms with E-state index >= 15 is 0 Å². The third-order valence-corrected chi connectivity index (χ3v) is 3.18. The van der Waals surface area contributed by atoms with Crippen LogP contribution in [0.25, 0.3) is 22.0 Å². The molecule has 18 heavy (non-hydrogen) atoms. The van der Waals surface area contributed by atoms with Crippen LogP contribution in [0.5, 0.6) is 5.75 Å². The van der Waals surface area contributed by atoms with Crippen LogP contribution in [0.4, 0.5) is 0 Å². The minimum Gasteiger partial charge on any atom is -0.507 e. The zero-order valence-electron chi connectivity index (χ0n) is 10.1. The minimum absolute atomic E-state index is 0.296. The number of fused-ring (bicyclic) bond motifs is 1. The zero-order valence-corrected chi connectivity index (χ0v) is 10.1. The predicted molar refractivity (Wildman–Crippen MR) is 73.6 cm³/mol. The molecule has 3 aromatic rings. The van der Waals surface area contributed by atoms with Gasteiger partial charge in [0.2, 0.25) is 0 Å². The summed E-state index contributed by atoms with van der Waals surface area (Å²) >= 11 is 0. The Labute approximate surface area is 106 Å². The van der Waals surface area contributed by atoms with Gasteiger partial charge < -0.3 is 5.11 Å². The number of aromatic nitrogens is 1. The highest BCUT2D eigenvalue weighted by Crippen LogP contribution is 2.36. The summed E-state index contributed by atoms with van der Waals surface area (Å²) in [5.74, 6) is 0.296. The lowest BCUT2D eigenvalue weighted by Gasteiger charge is -2.11. The van der Waals surface area contributed by atoms with Gasteiger partial charge in [0.05, 0.1) is 5.52 Å². The van der Waals surface area contributed by atoms with E-state index in [0.717, 1.165) is 27.6 Å². The van der Waals surface area contributed by atoms with Crippen LogP contribution in [0.2, 0.25) is 0 Å². The first-order chi connectivity index (χ1) is 8.77. The molecule has 2 heteroatoms. The van der Waals surface area contributed by atoms with E-state index in [1.54, 1.807) is 12.3 Å². The largest absolute Gasteiger partial charge is 0.507 e. The molecular formula is C16H13NO. The lowest BCUT2D eigenvalue weighted by atomic mass is 9.96. The highest BCUT2D eigenvalue weighted by molar-refractivity contribution is 5.98. The second-order valence-electron chi connectivity index (χ2n) is 4.34. The normalized spacial score (nSPS) is 10.7. The average molecular weight is 235 g/mol. The molecule has 0 fully saturated rings. The van der Waals surface area contributed by atoms with Gasteiger partial charge in [0.1, 0.15) is 5.75 Å². The standard InChI is InChI=1S/C16H13NO/c1-11-5-2-3-6-12(11)16-13-7-4-10-17-14(13)8-9-15(16)18/h2-10,18H,1H3. The number of hydrogen-bond donors (Lipinski definition) is 1. The summed E-state index contributed by atoms with van der Waals surface area (Å²) < 4.78 is 0. The third-order valence-electron chi connectivity index (χ3n) is 3.18. The van der Waals surface area contributed by atoms with Gasteiger partial charge in [-0.2, -0.15) is 0 Å². The summed E-state index contributed by atoms with van der Waals surface area (Å²) in [6.07, 6.45) is 1.76. The van der Waals surface area contributed by atoms with Crippen LogP contribution in [-0.4, -0.2) is 10.1 Å². The molecule has 0 aliphatic rings. The highest BCUT2D eigenvalue weighted by atomic mass is 16.3. The fourth-order valence-corrected chi connectivity index (χ4v) is 2.28. The van der Waals surface area contributed by atoms with Gasteiger partial charge in [-0.05, 0) is 36.2 Å². The van der Waals surface area contributed by atoms with E-state index in [1.165, 1.54) is 0 Å². The molecule has 0 unspecified atom stereocenters. The Balaban J connectivity index is 2.42. The van der Waals surface area contributed by atoms with E-state index in [2.05, 4.69) is 4.98 Å². The number of nitrogens with zero attached hydrogens (tertiary/aromatic N) is 1. The Hall–Kier alpha value is -2.35. The molecule has 0 radical (unpaired) electrons. The van der Waals surface area contributed by atoms with Crippen molar-refractivity contribution in [2.24, 2.45) is 0 Å². The molecule has 0 atom stereocenters. The molecule has 1 aromatic heterocycles. The summed E-state index contributed by atoms with van der Waals surface area (Å²) in [5, 5.41) is 11.1. The molecule has 1 heterocycles. The van der Waals surface area contributed by atoms with Crippen LogP contribution in [0.3, 0.4) is 0 Å². The van der Waals surface area contributed by atoms with Crippen LogP contribution in [0.15, 0.2) is 54.7 Å². The predicted octanol–water partition coefficient (Wildman–Crippen LogP) is 3.92. The van der Waals surface area contributed by atoms with Crippen LogP contribution < -0.4 is 0 Å². The van der Waals surface area contributed by atoms with Crippen molar-refractivity contribution in [3.8, 4) is 16.9 Å². The second-order valence-corrected chi connectivity index (χ2v) is 4.34. The van der Waals surface area contributed by atoms with Crippen molar-refractivity contribution in [1.82, 2.24) is 4.98 Å². The van der Waals surface area contributed by atoms with Gasteiger partial charge in [-0.3, -0.25) is 4.98 Å². The molecule has 0 saturated heterocycles. The molecule has 1 N–H and O–H groups in total. The van der Waals surface area contributed by atoms with Crippen LogP contribution in [-0.2, 0) is 0 Å². The summed E-state index contributed by atoms with van der Waals surface area (Å²) in [5.41, 5.74) is 3.95. The Morgan fingerprint density at radius 2 is 1.78 bits per heavy atom. The maximum absolute atomic E-state index is 10.2. The molecule has 3 rings (SSSR count). The second kappa shape index (κ2) is 4.15. The van der Waals surface area contributed by atoms with Crippen molar-refractivity contribution < 1.29 is 5.11 Å². The van der Waals surface area contributed by atoms with Gasteiger partial charge in [0.15, 0.2) is 0 Å². The van der Waals surface area contributed by atoms with Gasteiger partial charge >= 0.3 is 0 Å². The van der Waals surface area contributed by atoms with Gasteiger partial charge in [-0.15, -0.1) is 0 Å². The third kappa shape index (κ3) is 1.63. The Kier molecular flexibility index (Phi) is 2.49. The van der Waals surface area contributed by atoms with E-state index in [-0.39, 0.29) is 0 Å². The van der Waals surface area contributed by atoms with E-state index < -0.39 is 0 Å². The molecule has 0 aliphatic carbocycles. The topological polar surface area (TPSA) is 33.1 Å². The Morgan fingerprint density at radius 1 is 0.944 bits per heavy atom. The van der Waals surface area contributed by atoms with Gasteiger partial charge in [-0.1, -0.05) is 30.3 Å². The number of aryl methyl sites for hydroxylation is 1. The van der Waals surface area contributed by atoms with Crippen molar-refractivity contribution in [3.63, 3.8) is 0 Å². The summed E-state index contributed by atoms with van der Waals surface area (Å²) in [4.78, 5) is 4.33. The number of phenolic OH excluding ortho intramolecular Hbond substituents is 1. The smallest absolute Gasteiger partial charge is 0.124 e. The van der Waals surface area contributed by atoms with Crippen LogP contribution >= 0.6 is 0 Å². The number of hydrogen-bond acceptors (Lipinski definition) is 2. The van der Waals surface area contributed by atoms with E-state index in [9.17, 15) is 5.11 Å². The molecule has 88 valence electrons. The van der Waals surface area contributed by atoms with E-state index in [1.807, 2.05) is 49.4 Å². The van der Waals surface area contributed by atoms with Crippen molar-refractivity contribution in [3.05, 3.63) is 60.3 Å². The number of pyridine rings is 1. The molecule has 0 aliphatic heterocycles. The van der Waals surface area contributed by atoms with E-state index in [4.69, 9.17) is 0 Å². The lowest BCUT2D eigenvalue weighted by molar-refractivity contribution is 0.478. The van der Waals surface area contributed by atoms with Crippen LogP contribution in [0.1, 0.15) is 5.56 Å². The van der Waals surface area contributed by atoms with Crippen molar-refractivity contribution in [2.45, 2.75) is 6.92 Å². The molecule has 0 spiro atoms. The molecule has 2 nitrogen and oxygen atoms in total. The molecule has 0 amide bonds. The first-order valence-electron chi connectivity index (χ1n) is 5.90. The first kappa shape index (κ1) is 10.8. The fraction of sp³-hybridized carbons (Fsp3) is 0.0625. The maximum atomic E-state index is 10.2. The van der Waals surface area contributed by atoms with Gasteiger partial charge in [0, 0.05) is 17.1 Å². The zero-order chi connectivity index (χ0) is 12.5. The van der Waals surface area contributed by atoms with E-state index in [0.29, 0.717) is 5.75 Å². The van der Waals surface area contributed by atoms with Crippen molar-refractivity contribution in [2.75, 3.05) is 0 Å². The summed E-state index contributed by atoms with van der Waals surface area (Å²) in [6, 6.07) is 15.5. The quantitative estimate of drug-likeness (QED) is 0.693. The van der Waals surface area contributed by atoms with Gasteiger partial charge in [-0.25, -0.2) is 0 Å². The number of rotatable bonds is 1. The number of aromatic hydroxyl groups is 1. The molecular weight excluding hydrogens is 222 g/mol. The fourth-order valence-electron chi connectivity index (χ4n) is 2.28. The monoisotopic (exact) mass is 235 g/mol. The Morgan fingerprint density at radius 3 is 2.61 bits per heavy atom. The molecule has 2 aromatic carbocycles. The number of phenols is 1. The van der Waals surface area contributed by atoms with Crippen molar-refractivity contribution in [1.29, 1.82) is 0 Å². The Bertz CT molecular complexity index is 719. The first-order valence-corrected chi connectivity index (χ1v) is 5.90. The minimum atomic E-state index is 0.296. The SMILES string of the molecule is Cc1ccccc1-c1c(O)ccc2ncccc12. The van der Waals surface area contributed by atoms with Crippen LogP contribution in [0, 0.1) is 6.92 Å². The maximum Gasteiger partial charge on any atom is 0.124 e. The summed E-state index contributed by atoms with van der Waals surface area (Å²) in [7, 11) is 0. The molecule has 0 bridgehead atoms.